The number of amides is 1. The number of likely N-dealkylation sites (N-methyl/N-ethyl adjacent to an activating group) is 2. The molecule has 1 aliphatic rings. The minimum atomic E-state index is -0.684. The van der Waals surface area contributed by atoms with Gasteiger partial charge in [-0.1, -0.05) is 0 Å². The number of carbonyl (C=O) groups excluding carboxylic acids is 1. The lowest BCUT2D eigenvalue weighted by Crippen LogP contribution is -2.46. The quantitative estimate of drug-likeness (QED) is 0.701. The van der Waals surface area contributed by atoms with Crippen molar-refractivity contribution in [3.05, 3.63) is 0 Å². The van der Waals surface area contributed by atoms with Gasteiger partial charge in [-0.05, 0) is 40.8 Å². The average Bonchev–Trinajstić information content (AvgIpc) is 2.97. The van der Waals surface area contributed by atoms with Crippen LogP contribution < -0.4 is 0 Å². The Morgan fingerprint density at radius 2 is 2.06 bits per heavy atom. The summed E-state index contributed by atoms with van der Waals surface area (Å²) in [7, 11) is 3.98. The molecule has 1 unspecified atom stereocenters. The van der Waals surface area contributed by atoms with Crippen LogP contribution in [0.1, 0.15) is 26.7 Å². The molecule has 16 heavy (non-hydrogen) atoms. The fourth-order valence-electron chi connectivity index (χ4n) is 2.06. The van der Waals surface area contributed by atoms with Crippen LogP contribution in [0, 0.1) is 16.7 Å². The Morgan fingerprint density at radius 1 is 1.50 bits per heavy atom. The van der Waals surface area contributed by atoms with E-state index >= 15 is 0 Å². The number of nitrogens with zero attached hydrogens (tertiary/aromatic N) is 3. The lowest BCUT2D eigenvalue weighted by Gasteiger charge is -2.31. The zero-order valence-corrected chi connectivity index (χ0v) is 10.7. The lowest BCUT2D eigenvalue weighted by molar-refractivity contribution is -0.137. The summed E-state index contributed by atoms with van der Waals surface area (Å²) in [5.74, 6) is 0.0202. The third-order valence-electron chi connectivity index (χ3n) is 3.14. The van der Waals surface area contributed by atoms with Gasteiger partial charge in [0.1, 0.15) is 5.41 Å². The number of rotatable bonds is 5. The van der Waals surface area contributed by atoms with E-state index in [0.29, 0.717) is 6.54 Å². The summed E-state index contributed by atoms with van der Waals surface area (Å²) >= 11 is 0. The van der Waals surface area contributed by atoms with E-state index in [0.717, 1.165) is 19.4 Å². The van der Waals surface area contributed by atoms with E-state index in [1.807, 2.05) is 32.8 Å². The number of carbonyl (C=O) groups is 1. The second-order valence-electron chi connectivity index (χ2n) is 4.90. The van der Waals surface area contributed by atoms with E-state index in [1.165, 1.54) is 0 Å². The molecular weight excluding hydrogens is 202 g/mol. The molecule has 0 bridgehead atoms. The molecular formula is C12H21N3O. The van der Waals surface area contributed by atoms with Crippen LogP contribution in [0.3, 0.4) is 0 Å². The molecule has 0 aromatic heterocycles. The summed E-state index contributed by atoms with van der Waals surface area (Å²) in [6.45, 7) is 5.52. The largest absolute Gasteiger partial charge is 0.338 e. The van der Waals surface area contributed by atoms with E-state index in [4.69, 9.17) is 5.26 Å². The van der Waals surface area contributed by atoms with E-state index in [9.17, 15) is 4.79 Å². The molecule has 0 aliphatic heterocycles. The SMILES string of the molecule is CCN(C(=O)C1(C#N)CC1)C(C)CN(C)C. The third kappa shape index (κ3) is 2.53. The first-order chi connectivity index (χ1) is 7.46. The van der Waals surface area contributed by atoms with Gasteiger partial charge in [0, 0.05) is 19.1 Å². The third-order valence-corrected chi connectivity index (χ3v) is 3.14. The Hall–Kier alpha value is -1.08. The van der Waals surface area contributed by atoms with Crippen molar-refractivity contribution < 1.29 is 4.79 Å². The molecule has 1 saturated carbocycles. The van der Waals surface area contributed by atoms with Crippen LogP contribution in [0.2, 0.25) is 0 Å². The number of hydrogen-bond acceptors (Lipinski definition) is 3. The Labute approximate surface area is 97.8 Å². The maximum absolute atomic E-state index is 12.2. The average molecular weight is 223 g/mol. The van der Waals surface area contributed by atoms with Crippen LogP contribution >= 0.6 is 0 Å². The first-order valence-corrected chi connectivity index (χ1v) is 5.84. The maximum Gasteiger partial charge on any atom is 0.243 e. The van der Waals surface area contributed by atoms with Gasteiger partial charge in [-0.3, -0.25) is 4.79 Å². The number of hydrogen-bond donors (Lipinski definition) is 0. The Morgan fingerprint density at radius 3 is 2.38 bits per heavy atom. The van der Waals surface area contributed by atoms with Crippen LogP contribution in [0.25, 0.3) is 0 Å². The molecule has 1 aliphatic carbocycles. The van der Waals surface area contributed by atoms with E-state index in [1.54, 1.807) is 0 Å². The second-order valence-corrected chi connectivity index (χ2v) is 4.90. The molecule has 1 fully saturated rings. The molecule has 4 nitrogen and oxygen atoms in total. The molecule has 0 aromatic rings. The van der Waals surface area contributed by atoms with Crippen LogP contribution in [-0.2, 0) is 4.79 Å². The molecule has 0 heterocycles. The van der Waals surface area contributed by atoms with Gasteiger partial charge in [0.25, 0.3) is 0 Å². The first-order valence-electron chi connectivity index (χ1n) is 5.84. The number of nitriles is 1. The van der Waals surface area contributed by atoms with Gasteiger partial charge < -0.3 is 9.80 Å². The summed E-state index contributed by atoms with van der Waals surface area (Å²) in [4.78, 5) is 16.1. The van der Waals surface area contributed by atoms with E-state index in [2.05, 4.69) is 11.0 Å². The van der Waals surface area contributed by atoms with Gasteiger partial charge >= 0.3 is 0 Å². The summed E-state index contributed by atoms with van der Waals surface area (Å²) < 4.78 is 0. The maximum atomic E-state index is 12.2. The lowest BCUT2D eigenvalue weighted by atomic mass is 10.1. The Bertz CT molecular complexity index is 302. The molecule has 0 N–H and O–H groups in total. The fourth-order valence-corrected chi connectivity index (χ4v) is 2.06. The van der Waals surface area contributed by atoms with Gasteiger partial charge in [0.05, 0.1) is 6.07 Å². The normalized spacial score (nSPS) is 19.0. The minimum absolute atomic E-state index is 0.0202. The van der Waals surface area contributed by atoms with Gasteiger partial charge in [-0.25, -0.2) is 0 Å². The molecule has 4 heteroatoms. The standard InChI is InChI=1S/C12H21N3O/c1-5-15(10(2)8-14(3)4)11(16)12(9-13)6-7-12/h10H,5-8H2,1-4H3. The highest BCUT2D eigenvalue weighted by Gasteiger charge is 2.52. The molecule has 0 saturated heterocycles. The van der Waals surface area contributed by atoms with E-state index in [-0.39, 0.29) is 11.9 Å². The van der Waals surface area contributed by atoms with Crippen molar-refractivity contribution in [2.45, 2.75) is 32.7 Å². The second kappa shape index (κ2) is 4.84. The van der Waals surface area contributed by atoms with Gasteiger partial charge in [-0.15, -0.1) is 0 Å². The zero-order chi connectivity index (χ0) is 12.3. The minimum Gasteiger partial charge on any atom is -0.338 e. The summed E-state index contributed by atoms with van der Waals surface area (Å²) in [5, 5.41) is 9.03. The Kier molecular flexibility index (Phi) is 3.93. The predicted octanol–water partition coefficient (Wildman–Crippen LogP) is 1.09. The van der Waals surface area contributed by atoms with E-state index < -0.39 is 5.41 Å². The molecule has 0 radical (unpaired) electrons. The molecule has 1 rings (SSSR count). The fraction of sp³-hybridized carbons (Fsp3) is 0.833. The smallest absolute Gasteiger partial charge is 0.243 e. The summed E-state index contributed by atoms with van der Waals surface area (Å²) in [6, 6.07) is 2.34. The van der Waals surface area contributed by atoms with Crippen molar-refractivity contribution in [1.82, 2.24) is 9.80 Å². The molecule has 0 spiro atoms. The first kappa shape index (κ1) is 13.0. The zero-order valence-electron chi connectivity index (χ0n) is 10.7. The summed E-state index contributed by atoms with van der Waals surface area (Å²) in [5.41, 5.74) is -0.684. The monoisotopic (exact) mass is 223 g/mol. The van der Waals surface area contributed by atoms with Crippen LogP contribution in [-0.4, -0.2) is 48.9 Å². The molecule has 90 valence electrons. The van der Waals surface area contributed by atoms with Crippen molar-refractivity contribution in [1.29, 1.82) is 5.26 Å². The van der Waals surface area contributed by atoms with Crippen molar-refractivity contribution >= 4 is 5.91 Å². The van der Waals surface area contributed by atoms with Crippen LogP contribution in [0.4, 0.5) is 0 Å². The van der Waals surface area contributed by atoms with Gasteiger partial charge in [-0.2, -0.15) is 5.26 Å². The topological polar surface area (TPSA) is 47.3 Å². The van der Waals surface area contributed by atoms with Crippen molar-refractivity contribution in [2.24, 2.45) is 5.41 Å². The van der Waals surface area contributed by atoms with Crippen molar-refractivity contribution in [2.75, 3.05) is 27.2 Å². The van der Waals surface area contributed by atoms with Crippen LogP contribution in [0.15, 0.2) is 0 Å². The highest BCUT2D eigenvalue weighted by molar-refractivity contribution is 5.88. The van der Waals surface area contributed by atoms with Crippen LogP contribution in [0.5, 0.6) is 0 Å². The highest BCUT2D eigenvalue weighted by Crippen LogP contribution is 2.46. The van der Waals surface area contributed by atoms with Crippen molar-refractivity contribution in [3.8, 4) is 6.07 Å². The van der Waals surface area contributed by atoms with Crippen molar-refractivity contribution in [3.63, 3.8) is 0 Å². The predicted molar refractivity (Wildman–Crippen MR) is 62.7 cm³/mol. The molecule has 1 atom stereocenters. The van der Waals surface area contributed by atoms with Gasteiger partial charge in [0.15, 0.2) is 0 Å². The summed E-state index contributed by atoms with van der Waals surface area (Å²) in [6.07, 6.45) is 1.46. The highest BCUT2D eigenvalue weighted by atomic mass is 16.2. The molecule has 1 amide bonds. The van der Waals surface area contributed by atoms with Gasteiger partial charge in [0.2, 0.25) is 5.91 Å². The molecule has 0 aromatic carbocycles. The Balaban J connectivity index is 2.68.